The van der Waals surface area contributed by atoms with Crippen LogP contribution in [0.4, 0.5) is 0 Å². The van der Waals surface area contributed by atoms with Crippen molar-refractivity contribution in [2.45, 2.75) is 64.6 Å². The van der Waals surface area contributed by atoms with Crippen molar-refractivity contribution in [2.24, 2.45) is 0 Å². The van der Waals surface area contributed by atoms with Crippen LogP contribution in [0, 0.1) is 13.8 Å². The number of nitrogens with zero attached hydrogens (tertiary/aromatic N) is 5. The summed E-state index contributed by atoms with van der Waals surface area (Å²) >= 11 is 0. The number of piperidine rings is 1. The average molecular weight is 343 g/mol. The lowest BCUT2D eigenvalue weighted by Crippen LogP contribution is -2.34. The van der Waals surface area contributed by atoms with Crippen molar-refractivity contribution in [3.8, 4) is 0 Å². The third kappa shape index (κ3) is 3.51. The minimum absolute atomic E-state index is 0.135. The van der Waals surface area contributed by atoms with Crippen LogP contribution < -0.4 is 0 Å². The van der Waals surface area contributed by atoms with E-state index >= 15 is 0 Å². The Morgan fingerprint density at radius 3 is 2.56 bits per heavy atom. The molecule has 0 spiro atoms. The van der Waals surface area contributed by atoms with Gasteiger partial charge in [0.05, 0.1) is 11.7 Å². The third-order valence-electron chi connectivity index (χ3n) is 5.75. The van der Waals surface area contributed by atoms with Gasteiger partial charge in [0.25, 0.3) is 0 Å². The number of hydrogen-bond acceptors (Lipinski definition) is 4. The molecule has 2 aliphatic rings. The van der Waals surface area contributed by atoms with Crippen molar-refractivity contribution in [1.82, 2.24) is 24.5 Å². The maximum Gasteiger partial charge on any atom is 0.0850 e. The van der Waals surface area contributed by atoms with Gasteiger partial charge in [-0.25, -0.2) is 4.68 Å². The van der Waals surface area contributed by atoms with Crippen LogP contribution in [0.1, 0.15) is 60.4 Å². The van der Waals surface area contributed by atoms with Crippen LogP contribution in [0.3, 0.4) is 0 Å². The molecule has 4 rings (SSSR count). The molecule has 0 bridgehead atoms. The molecule has 0 amide bonds. The second-order valence-electron chi connectivity index (χ2n) is 7.67. The van der Waals surface area contributed by atoms with Gasteiger partial charge in [0.1, 0.15) is 0 Å². The summed E-state index contributed by atoms with van der Waals surface area (Å²) in [5.74, 6) is 0. The van der Waals surface area contributed by atoms with Crippen molar-refractivity contribution in [3.05, 3.63) is 34.9 Å². The highest BCUT2D eigenvalue weighted by Crippen LogP contribution is 2.38. The highest BCUT2D eigenvalue weighted by Gasteiger charge is 2.28. The summed E-state index contributed by atoms with van der Waals surface area (Å²) in [5, 5.41) is 17.4. The normalized spacial score (nSPS) is 19.6. The van der Waals surface area contributed by atoms with E-state index in [0.717, 1.165) is 44.2 Å². The summed E-state index contributed by atoms with van der Waals surface area (Å²) in [6.07, 6.45) is 7.51. The largest absolute Gasteiger partial charge is 0.396 e. The van der Waals surface area contributed by atoms with Crippen molar-refractivity contribution >= 4 is 0 Å². The molecular weight excluding hydrogens is 314 g/mol. The molecule has 1 aliphatic heterocycles. The maximum absolute atomic E-state index is 9.01. The van der Waals surface area contributed by atoms with Crippen LogP contribution in [0.25, 0.3) is 0 Å². The molecule has 1 saturated carbocycles. The zero-order valence-electron chi connectivity index (χ0n) is 15.4. The summed E-state index contributed by atoms with van der Waals surface area (Å²) in [7, 11) is 0. The number of aromatic nitrogens is 4. The Hall–Kier alpha value is -1.66. The van der Waals surface area contributed by atoms with E-state index < -0.39 is 0 Å². The number of likely N-dealkylation sites (tertiary alicyclic amines) is 1. The number of hydrogen-bond donors (Lipinski definition) is 1. The molecule has 1 saturated heterocycles. The molecule has 0 atom stereocenters. The Kier molecular flexibility index (Phi) is 4.65. The molecule has 0 unspecified atom stereocenters. The van der Waals surface area contributed by atoms with Crippen LogP contribution in [-0.2, 0) is 13.0 Å². The van der Waals surface area contributed by atoms with Crippen molar-refractivity contribution in [3.63, 3.8) is 0 Å². The van der Waals surface area contributed by atoms with Gasteiger partial charge in [-0.05, 0) is 51.2 Å². The average Bonchev–Trinajstić information content (AvgIpc) is 3.25. The van der Waals surface area contributed by atoms with Gasteiger partial charge >= 0.3 is 0 Å². The smallest absolute Gasteiger partial charge is 0.0850 e. The van der Waals surface area contributed by atoms with Crippen molar-refractivity contribution < 1.29 is 5.11 Å². The van der Waals surface area contributed by atoms with Crippen LogP contribution in [0.15, 0.2) is 12.3 Å². The summed E-state index contributed by atoms with van der Waals surface area (Å²) in [5.41, 5.74) is 5.27. The molecule has 3 heterocycles. The van der Waals surface area contributed by atoms with Gasteiger partial charge < -0.3 is 9.67 Å². The fraction of sp³-hybridized carbons (Fsp3) is 0.684. The summed E-state index contributed by atoms with van der Waals surface area (Å²) < 4.78 is 4.54. The van der Waals surface area contributed by atoms with Gasteiger partial charge in [0.15, 0.2) is 0 Å². The van der Waals surface area contributed by atoms with Gasteiger partial charge in [-0.2, -0.15) is 0 Å². The number of aliphatic hydroxyl groups is 1. The molecule has 25 heavy (non-hydrogen) atoms. The lowest BCUT2D eigenvalue weighted by atomic mass is 10.0. The molecule has 1 N–H and O–H groups in total. The number of rotatable bonds is 6. The minimum atomic E-state index is 0.135. The fourth-order valence-electron chi connectivity index (χ4n) is 4.20. The van der Waals surface area contributed by atoms with Crippen LogP contribution in [0.5, 0.6) is 0 Å². The summed E-state index contributed by atoms with van der Waals surface area (Å²) in [6.45, 7) is 7.93. The van der Waals surface area contributed by atoms with Gasteiger partial charge in [-0.1, -0.05) is 5.21 Å². The summed E-state index contributed by atoms with van der Waals surface area (Å²) in [6, 6.07) is 3.59. The highest BCUT2D eigenvalue weighted by atomic mass is 16.3. The van der Waals surface area contributed by atoms with E-state index in [1.807, 2.05) is 10.9 Å². The van der Waals surface area contributed by atoms with Crippen molar-refractivity contribution in [2.75, 3.05) is 19.7 Å². The quantitative estimate of drug-likeness (QED) is 0.875. The van der Waals surface area contributed by atoms with Gasteiger partial charge in [0, 0.05) is 56.3 Å². The Labute approximate surface area is 149 Å². The maximum atomic E-state index is 9.01. The number of aryl methyl sites for hydroxylation is 1. The van der Waals surface area contributed by atoms with E-state index in [1.165, 1.54) is 29.8 Å². The summed E-state index contributed by atoms with van der Waals surface area (Å²) in [4.78, 5) is 2.57. The minimum Gasteiger partial charge on any atom is -0.396 e. The Morgan fingerprint density at radius 2 is 1.88 bits per heavy atom. The molecule has 6 heteroatoms. The van der Waals surface area contributed by atoms with E-state index in [4.69, 9.17) is 5.11 Å². The molecule has 1 aliphatic carbocycles. The Morgan fingerprint density at radius 1 is 1.12 bits per heavy atom. The third-order valence-corrected chi connectivity index (χ3v) is 5.75. The van der Waals surface area contributed by atoms with E-state index in [0.29, 0.717) is 12.5 Å². The van der Waals surface area contributed by atoms with E-state index in [9.17, 15) is 0 Å². The molecule has 2 aromatic rings. The first-order valence-corrected chi connectivity index (χ1v) is 9.57. The van der Waals surface area contributed by atoms with Crippen LogP contribution in [0.2, 0.25) is 0 Å². The topological polar surface area (TPSA) is 59.1 Å². The monoisotopic (exact) mass is 343 g/mol. The van der Waals surface area contributed by atoms with E-state index in [2.05, 4.69) is 39.7 Å². The Bertz CT molecular complexity index is 722. The first-order chi connectivity index (χ1) is 12.2. The fourth-order valence-corrected chi connectivity index (χ4v) is 4.20. The molecule has 136 valence electrons. The lowest BCUT2D eigenvalue weighted by molar-refractivity contribution is 0.172. The molecule has 6 nitrogen and oxygen atoms in total. The lowest BCUT2D eigenvalue weighted by Gasteiger charge is -2.31. The predicted octanol–water partition coefficient (Wildman–Crippen LogP) is 2.40. The standard InChI is InChI=1S/C19H29N5O/c1-14-11-16(15(2)24(14)19-3-4-19)12-22-8-5-18(6-9-22)23-13-17(7-10-25)20-21-23/h11,13,18-19,25H,3-10,12H2,1-2H3. The SMILES string of the molecule is Cc1cc(CN2CCC(n3cc(CCO)nn3)CC2)c(C)n1C1CC1. The van der Waals surface area contributed by atoms with E-state index in [-0.39, 0.29) is 6.61 Å². The molecular formula is C19H29N5O. The van der Waals surface area contributed by atoms with Crippen LogP contribution >= 0.6 is 0 Å². The first-order valence-electron chi connectivity index (χ1n) is 9.57. The second-order valence-corrected chi connectivity index (χ2v) is 7.67. The van der Waals surface area contributed by atoms with Crippen molar-refractivity contribution in [1.29, 1.82) is 0 Å². The molecule has 0 radical (unpaired) electrons. The molecule has 2 fully saturated rings. The Balaban J connectivity index is 1.35. The van der Waals surface area contributed by atoms with E-state index in [1.54, 1.807) is 0 Å². The predicted molar refractivity (Wildman–Crippen MR) is 96.5 cm³/mol. The van der Waals surface area contributed by atoms with Gasteiger partial charge in [0.2, 0.25) is 0 Å². The van der Waals surface area contributed by atoms with Gasteiger partial charge in [-0.15, -0.1) is 5.10 Å². The van der Waals surface area contributed by atoms with Crippen LogP contribution in [-0.4, -0.2) is 49.3 Å². The zero-order valence-corrected chi connectivity index (χ0v) is 15.4. The highest BCUT2D eigenvalue weighted by molar-refractivity contribution is 5.28. The first kappa shape index (κ1) is 16.8. The second kappa shape index (κ2) is 6.92. The van der Waals surface area contributed by atoms with Gasteiger partial charge in [-0.3, -0.25) is 4.90 Å². The molecule has 2 aromatic heterocycles. The number of aliphatic hydroxyl groups excluding tert-OH is 1. The molecule has 0 aromatic carbocycles. The zero-order chi connectivity index (χ0) is 17.4.